The molecule has 230 valence electrons. The van der Waals surface area contributed by atoms with Gasteiger partial charge in [0, 0.05) is 29.7 Å². The molecule has 3 aliphatic rings. The molecule has 45 heavy (non-hydrogen) atoms. The summed E-state index contributed by atoms with van der Waals surface area (Å²) in [4.78, 5) is 32.2. The Morgan fingerprint density at radius 1 is 0.889 bits per heavy atom. The number of fused-ring (bicyclic) bond motifs is 4. The zero-order chi connectivity index (χ0) is 31.5. The number of carbonyl (C=O) groups excluding carboxylic acids is 2. The third-order valence-corrected chi connectivity index (χ3v) is 9.45. The number of nitrogens with zero attached hydrogens (tertiary/aromatic N) is 2. The summed E-state index contributed by atoms with van der Waals surface area (Å²) in [6, 6.07) is 29.6. The fourth-order valence-electron chi connectivity index (χ4n) is 7.56. The van der Waals surface area contributed by atoms with Gasteiger partial charge in [-0.3, -0.25) is 14.5 Å². The highest BCUT2D eigenvalue weighted by Gasteiger charge is 2.66. The van der Waals surface area contributed by atoms with Crippen LogP contribution in [0.25, 0.3) is 0 Å². The van der Waals surface area contributed by atoms with Gasteiger partial charge in [-0.2, -0.15) is 0 Å². The Kier molecular flexibility index (Phi) is 7.02. The van der Waals surface area contributed by atoms with Crippen molar-refractivity contribution < 1.29 is 28.6 Å². The Bertz CT molecular complexity index is 1790. The largest absolute Gasteiger partial charge is 0.454 e. The summed E-state index contributed by atoms with van der Waals surface area (Å²) in [5.41, 5.74) is 0.433. The molecule has 7 nitrogen and oxygen atoms in total. The molecule has 1 saturated heterocycles. The van der Waals surface area contributed by atoms with E-state index in [0.29, 0.717) is 46.2 Å². The van der Waals surface area contributed by atoms with Crippen molar-refractivity contribution >= 4 is 28.9 Å². The summed E-state index contributed by atoms with van der Waals surface area (Å²) in [5, 5.41) is 9.93. The molecule has 1 fully saturated rings. The lowest BCUT2D eigenvalue weighted by molar-refractivity contribution is -0.146. The minimum Gasteiger partial charge on any atom is -0.454 e. The zero-order valence-electron chi connectivity index (χ0n) is 25.4. The topological polar surface area (TPSA) is 79.3 Å². The number of aliphatic hydroxyl groups excluding tert-OH is 1. The molecule has 4 aromatic rings. The predicted molar refractivity (Wildman–Crippen MR) is 170 cm³/mol. The van der Waals surface area contributed by atoms with Gasteiger partial charge >= 0.3 is 0 Å². The molecule has 4 aromatic carbocycles. The third kappa shape index (κ3) is 4.54. The van der Waals surface area contributed by atoms with Crippen LogP contribution in [0.1, 0.15) is 48.7 Å². The Balaban J connectivity index is 1.42. The number of alkyl halides is 1. The van der Waals surface area contributed by atoms with Crippen LogP contribution in [0.5, 0.6) is 11.5 Å². The molecule has 0 radical (unpaired) electrons. The quantitative estimate of drug-likeness (QED) is 0.249. The van der Waals surface area contributed by atoms with Crippen LogP contribution in [0.3, 0.4) is 0 Å². The van der Waals surface area contributed by atoms with E-state index in [-0.39, 0.29) is 24.8 Å². The number of carbonyl (C=O) groups is 2. The maximum atomic E-state index is 15.9. The molecule has 3 aliphatic heterocycles. The lowest BCUT2D eigenvalue weighted by atomic mass is 9.71. The van der Waals surface area contributed by atoms with E-state index in [2.05, 4.69) is 0 Å². The number of hydrogen-bond donors (Lipinski definition) is 1. The minimum absolute atomic E-state index is 0.192. The average molecular weight is 607 g/mol. The summed E-state index contributed by atoms with van der Waals surface area (Å²) < 4.78 is 28.8. The molecule has 4 atom stereocenters. The van der Waals surface area contributed by atoms with Gasteiger partial charge in [0.2, 0.25) is 0 Å². The highest BCUT2D eigenvalue weighted by molar-refractivity contribution is 6.15. The van der Waals surface area contributed by atoms with Crippen LogP contribution >= 0.6 is 0 Å². The van der Waals surface area contributed by atoms with E-state index in [9.17, 15) is 14.7 Å². The molecule has 0 bridgehead atoms. The van der Waals surface area contributed by atoms with Gasteiger partial charge < -0.3 is 19.5 Å². The standard InChI is InChI=1S/C37H35FN2O5/c1-23-33(36(2,3)38)32(19-20-41)45-37(23)27-21-25(17-18-28(27)39(35(37)43)22-24-11-5-4-6-12-24)40-29-14-8-10-16-31(29)44-30-15-9-7-13-26(30)34(40)42/h4-18,21,23,32-33,41H,19-20,22H2,1-3H3/t23-,32+,33-,37+/m0/s1. The molecule has 7 rings (SSSR count). The lowest BCUT2D eigenvalue weighted by Gasteiger charge is -2.32. The Morgan fingerprint density at radius 3 is 2.31 bits per heavy atom. The SMILES string of the molecule is C[C@H]1[C@H](C(C)(C)F)[C@@H](CCO)O[C@]12C(=O)N(Cc1ccccc1)c1ccc(N3C(=O)c4ccccc4Oc4ccccc43)cc12. The van der Waals surface area contributed by atoms with E-state index in [0.717, 1.165) is 5.56 Å². The van der Waals surface area contributed by atoms with Crippen LogP contribution in [0.4, 0.5) is 21.5 Å². The zero-order valence-corrected chi connectivity index (χ0v) is 25.4. The molecule has 1 N–H and O–H groups in total. The highest BCUT2D eigenvalue weighted by Crippen LogP contribution is 2.59. The van der Waals surface area contributed by atoms with Gasteiger partial charge in [0.15, 0.2) is 11.4 Å². The van der Waals surface area contributed by atoms with Crippen molar-refractivity contribution in [1.82, 2.24) is 0 Å². The number of amides is 2. The van der Waals surface area contributed by atoms with Gasteiger partial charge in [-0.25, -0.2) is 4.39 Å². The molecular formula is C37H35FN2O5. The van der Waals surface area contributed by atoms with Crippen molar-refractivity contribution in [2.45, 2.75) is 51.1 Å². The van der Waals surface area contributed by atoms with Gasteiger partial charge in [-0.15, -0.1) is 0 Å². The summed E-state index contributed by atoms with van der Waals surface area (Å²) >= 11 is 0. The number of benzene rings is 4. The molecule has 0 aliphatic carbocycles. The molecule has 3 heterocycles. The van der Waals surface area contributed by atoms with Crippen molar-refractivity contribution in [3.05, 3.63) is 114 Å². The normalized spacial score (nSPS) is 23.9. The second kappa shape index (κ2) is 10.8. The third-order valence-electron chi connectivity index (χ3n) is 9.45. The van der Waals surface area contributed by atoms with Gasteiger partial charge in [-0.1, -0.05) is 61.5 Å². The monoisotopic (exact) mass is 606 g/mol. The summed E-state index contributed by atoms with van der Waals surface area (Å²) in [6.07, 6.45) is -0.500. The number of hydrogen-bond acceptors (Lipinski definition) is 5. The van der Waals surface area contributed by atoms with E-state index >= 15 is 4.39 Å². The average Bonchev–Trinajstić information content (AvgIpc) is 3.39. The Hall–Kier alpha value is -4.53. The first-order chi connectivity index (χ1) is 21.6. The first kappa shape index (κ1) is 29.2. The fraction of sp³-hybridized carbons (Fsp3) is 0.297. The van der Waals surface area contributed by atoms with E-state index < -0.39 is 29.2 Å². The van der Waals surface area contributed by atoms with Crippen molar-refractivity contribution in [1.29, 1.82) is 0 Å². The number of rotatable bonds is 6. The van der Waals surface area contributed by atoms with Crippen LogP contribution in [0.15, 0.2) is 97.1 Å². The van der Waals surface area contributed by atoms with Crippen LogP contribution in [0.2, 0.25) is 0 Å². The lowest BCUT2D eigenvalue weighted by Crippen LogP contribution is -2.45. The van der Waals surface area contributed by atoms with Crippen LogP contribution in [-0.2, 0) is 21.7 Å². The van der Waals surface area contributed by atoms with E-state index in [1.54, 1.807) is 28.0 Å². The van der Waals surface area contributed by atoms with Crippen molar-refractivity contribution in [3.8, 4) is 11.5 Å². The van der Waals surface area contributed by atoms with Gasteiger partial charge in [0.25, 0.3) is 11.8 Å². The Labute approximate surface area is 261 Å². The second-order valence-electron chi connectivity index (χ2n) is 12.6. The van der Waals surface area contributed by atoms with Crippen molar-refractivity contribution in [2.24, 2.45) is 11.8 Å². The number of halogens is 1. The first-order valence-electron chi connectivity index (χ1n) is 15.3. The summed E-state index contributed by atoms with van der Waals surface area (Å²) in [5.74, 6) is -0.837. The number of anilines is 3. The summed E-state index contributed by atoms with van der Waals surface area (Å²) in [6.45, 7) is 4.96. The fourth-order valence-corrected chi connectivity index (χ4v) is 7.56. The molecule has 0 unspecified atom stereocenters. The van der Waals surface area contributed by atoms with Crippen LogP contribution in [0, 0.1) is 11.8 Å². The van der Waals surface area contributed by atoms with Gasteiger partial charge in [0.05, 0.1) is 29.6 Å². The number of para-hydroxylation sites is 3. The maximum absolute atomic E-state index is 15.9. The van der Waals surface area contributed by atoms with Crippen LogP contribution < -0.4 is 14.5 Å². The van der Waals surface area contributed by atoms with Crippen molar-refractivity contribution in [3.63, 3.8) is 0 Å². The maximum Gasteiger partial charge on any atom is 0.266 e. The predicted octanol–water partition coefficient (Wildman–Crippen LogP) is 7.29. The molecule has 8 heteroatoms. The van der Waals surface area contributed by atoms with E-state index in [1.807, 2.05) is 85.8 Å². The molecule has 0 saturated carbocycles. The Morgan fingerprint density at radius 2 is 1.58 bits per heavy atom. The second-order valence-corrected chi connectivity index (χ2v) is 12.6. The first-order valence-corrected chi connectivity index (χ1v) is 15.3. The van der Waals surface area contributed by atoms with Gasteiger partial charge in [-0.05, 0) is 68.3 Å². The van der Waals surface area contributed by atoms with Crippen molar-refractivity contribution in [2.75, 3.05) is 16.4 Å². The molecule has 1 spiro atoms. The van der Waals surface area contributed by atoms with Gasteiger partial charge in [0.1, 0.15) is 11.4 Å². The van der Waals surface area contributed by atoms with Crippen LogP contribution in [-0.4, -0.2) is 35.3 Å². The smallest absolute Gasteiger partial charge is 0.266 e. The van der Waals surface area contributed by atoms with E-state index in [1.165, 1.54) is 13.8 Å². The van der Waals surface area contributed by atoms with E-state index in [4.69, 9.17) is 9.47 Å². The summed E-state index contributed by atoms with van der Waals surface area (Å²) in [7, 11) is 0. The minimum atomic E-state index is -1.69. The highest BCUT2D eigenvalue weighted by atomic mass is 19.1. The number of aliphatic hydroxyl groups is 1. The number of ether oxygens (including phenoxy) is 2. The molecule has 0 aromatic heterocycles. The molecular weight excluding hydrogens is 571 g/mol. The molecule has 2 amide bonds.